The van der Waals surface area contributed by atoms with Crippen molar-refractivity contribution in [1.29, 1.82) is 0 Å². The molecule has 1 aromatic carbocycles. The van der Waals surface area contributed by atoms with Crippen LogP contribution in [-0.4, -0.2) is 52.4 Å². The predicted octanol–water partition coefficient (Wildman–Crippen LogP) is 2.77. The highest BCUT2D eigenvalue weighted by molar-refractivity contribution is 7.10. The molecule has 1 aliphatic heterocycles. The van der Waals surface area contributed by atoms with Crippen LogP contribution in [0, 0.1) is 0 Å². The van der Waals surface area contributed by atoms with Crippen molar-refractivity contribution in [3.63, 3.8) is 0 Å². The Labute approximate surface area is 147 Å². The van der Waals surface area contributed by atoms with Crippen LogP contribution < -0.4 is 19.5 Å². The lowest BCUT2D eigenvalue weighted by atomic mass is 9.99. The first-order valence-corrected chi connectivity index (χ1v) is 8.94. The monoisotopic (exact) mass is 348 g/mol. The van der Waals surface area contributed by atoms with Gasteiger partial charge in [-0.3, -0.25) is 4.90 Å². The van der Waals surface area contributed by atoms with Gasteiger partial charge in [-0.2, -0.15) is 0 Å². The average Bonchev–Trinajstić information content (AvgIpc) is 3.17. The van der Waals surface area contributed by atoms with Crippen LogP contribution in [0.2, 0.25) is 0 Å². The number of ether oxygens (including phenoxy) is 3. The van der Waals surface area contributed by atoms with Gasteiger partial charge in [0.2, 0.25) is 0 Å². The van der Waals surface area contributed by atoms with Crippen LogP contribution in [-0.2, 0) is 0 Å². The lowest BCUT2D eigenvalue weighted by Crippen LogP contribution is -2.45. The fraction of sp³-hybridized carbons (Fsp3) is 0.444. The Morgan fingerprint density at radius 1 is 1.04 bits per heavy atom. The smallest absolute Gasteiger partial charge is 0.131 e. The van der Waals surface area contributed by atoms with Gasteiger partial charge >= 0.3 is 0 Å². The van der Waals surface area contributed by atoms with E-state index in [9.17, 15) is 0 Å². The van der Waals surface area contributed by atoms with Crippen molar-refractivity contribution < 1.29 is 14.2 Å². The first kappa shape index (κ1) is 17.1. The van der Waals surface area contributed by atoms with Gasteiger partial charge in [-0.15, -0.1) is 11.3 Å². The summed E-state index contributed by atoms with van der Waals surface area (Å²) in [6.45, 7) is 3.95. The van der Waals surface area contributed by atoms with Gasteiger partial charge in [-0.05, 0) is 11.4 Å². The highest BCUT2D eigenvalue weighted by atomic mass is 32.1. The van der Waals surface area contributed by atoms with E-state index < -0.39 is 0 Å². The van der Waals surface area contributed by atoms with E-state index in [-0.39, 0.29) is 6.04 Å². The fourth-order valence-electron chi connectivity index (χ4n) is 3.19. The molecule has 1 saturated heterocycles. The molecule has 1 fully saturated rings. The van der Waals surface area contributed by atoms with Crippen LogP contribution in [0.15, 0.2) is 29.6 Å². The van der Waals surface area contributed by atoms with E-state index in [1.807, 2.05) is 12.1 Å². The standard InChI is InChI=1S/C18H24N2O3S/c1-21-13-11-14(22-2)17(15(12-13)23-3)18(16-5-4-10-24-16)20-8-6-19-7-9-20/h4-5,10-12,18-19H,6-9H2,1-3H3/t18-/m0/s1. The first-order valence-electron chi connectivity index (χ1n) is 8.06. The molecule has 3 rings (SSSR count). The van der Waals surface area contributed by atoms with Gasteiger partial charge in [0, 0.05) is 43.2 Å². The van der Waals surface area contributed by atoms with Crippen molar-refractivity contribution in [2.75, 3.05) is 47.5 Å². The van der Waals surface area contributed by atoms with Gasteiger partial charge in [0.15, 0.2) is 0 Å². The number of hydrogen-bond acceptors (Lipinski definition) is 6. The van der Waals surface area contributed by atoms with Gasteiger partial charge in [-0.25, -0.2) is 0 Å². The molecule has 2 aromatic rings. The average molecular weight is 348 g/mol. The Hall–Kier alpha value is -1.76. The molecule has 130 valence electrons. The second-order valence-electron chi connectivity index (χ2n) is 5.65. The Bertz CT molecular complexity index is 629. The third-order valence-electron chi connectivity index (χ3n) is 4.36. The summed E-state index contributed by atoms with van der Waals surface area (Å²) >= 11 is 1.76. The summed E-state index contributed by atoms with van der Waals surface area (Å²) in [6, 6.07) is 8.25. The zero-order chi connectivity index (χ0) is 16.9. The van der Waals surface area contributed by atoms with E-state index >= 15 is 0 Å². The number of hydrogen-bond donors (Lipinski definition) is 1. The summed E-state index contributed by atoms with van der Waals surface area (Å²) in [7, 11) is 5.04. The van der Waals surface area contributed by atoms with Gasteiger partial charge < -0.3 is 19.5 Å². The minimum Gasteiger partial charge on any atom is -0.496 e. The number of benzene rings is 1. The Balaban J connectivity index is 2.13. The lowest BCUT2D eigenvalue weighted by molar-refractivity contribution is 0.194. The molecule has 0 bridgehead atoms. The summed E-state index contributed by atoms with van der Waals surface area (Å²) in [5, 5.41) is 5.54. The van der Waals surface area contributed by atoms with E-state index in [4.69, 9.17) is 14.2 Å². The minimum atomic E-state index is 0.114. The van der Waals surface area contributed by atoms with Crippen LogP contribution in [0.5, 0.6) is 17.2 Å². The van der Waals surface area contributed by atoms with Crippen LogP contribution >= 0.6 is 11.3 Å². The van der Waals surface area contributed by atoms with Crippen molar-refractivity contribution in [3.05, 3.63) is 40.1 Å². The highest BCUT2D eigenvalue weighted by Gasteiger charge is 2.30. The molecule has 0 aliphatic carbocycles. The summed E-state index contributed by atoms with van der Waals surface area (Å²) in [5.74, 6) is 2.32. The molecule has 0 unspecified atom stereocenters. The predicted molar refractivity (Wildman–Crippen MR) is 96.7 cm³/mol. The van der Waals surface area contributed by atoms with Crippen molar-refractivity contribution >= 4 is 11.3 Å². The number of nitrogens with zero attached hydrogens (tertiary/aromatic N) is 1. The molecule has 24 heavy (non-hydrogen) atoms. The normalized spacial score (nSPS) is 16.6. The van der Waals surface area contributed by atoms with Gasteiger partial charge in [0.1, 0.15) is 17.2 Å². The minimum absolute atomic E-state index is 0.114. The third kappa shape index (κ3) is 3.36. The topological polar surface area (TPSA) is 43.0 Å². The molecule has 1 atom stereocenters. The summed E-state index contributed by atoms with van der Waals surface area (Å²) < 4.78 is 16.8. The molecule has 1 N–H and O–H groups in total. The second kappa shape index (κ2) is 7.88. The van der Waals surface area contributed by atoms with Gasteiger partial charge in [0.05, 0.1) is 32.9 Å². The van der Waals surface area contributed by atoms with E-state index in [0.717, 1.165) is 49.0 Å². The Kier molecular flexibility index (Phi) is 5.60. The fourth-order valence-corrected chi connectivity index (χ4v) is 4.06. The van der Waals surface area contributed by atoms with E-state index in [1.165, 1.54) is 4.88 Å². The third-order valence-corrected chi connectivity index (χ3v) is 5.28. The molecule has 5 nitrogen and oxygen atoms in total. The van der Waals surface area contributed by atoms with E-state index in [2.05, 4.69) is 27.7 Å². The number of methoxy groups -OCH3 is 3. The van der Waals surface area contributed by atoms with Crippen molar-refractivity contribution in [2.24, 2.45) is 0 Å². The maximum absolute atomic E-state index is 5.70. The lowest BCUT2D eigenvalue weighted by Gasteiger charge is -2.36. The molecule has 0 amide bonds. The Morgan fingerprint density at radius 2 is 1.71 bits per heavy atom. The van der Waals surface area contributed by atoms with Crippen LogP contribution in [0.1, 0.15) is 16.5 Å². The maximum Gasteiger partial charge on any atom is 0.131 e. The molecule has 0 radical (unpaired) electrons. The van der Waals surface area contributed by atoms with Crippen molar-refractivity contribution in [3.8, 4) is 17.2 Å². The summed E-state index contributed by atoms with van der Waals surface area (Å²) in [4.78, 5) is 3.77. The van der Waals surface area contributed by atoms with Crippen LogP contribution in [0.25, 0.3) is 0 Å². The number of piperazine rings is 1. The van der Waals surface area contributed by atoms with E-state index in [1.54, 1.807) is 32.7 Å². The molecule has 1 aromatic heterocycles. The molecular formula is C18H24N2O3S. The molecule has 2 heterocycles. The number of thiophene rings is 1. The second-order valence-corrected chi connectivity index (χ2v) is 6.63. The number of rotatable bonds is 6. The Morgan fingerprint density at radius 3 is 2.21 bits per heavy atom. The maximum atomic E-state index is 5.70. The molecule has 1 aliphatic rings. The van der Waals surface area contributed by atoms with Crippen molar-refractivity contribution in [2.45, 2.75) is 6.04 Å². The quantitative estimate of drug-likeness (QED) is 0.869. The van der Waals surface area contributed by atoms with Crippen molar-refractivity contribution in [1.82, 2.24) is 10.2 Å². The highest BCUT2D eigenvalue weighted by Crippen LogP contribution is 2.44. The van der Waals surface area contributed by atoms with Crippen LogP contribution in [0.4, 0.5) is 0 Å². The molecule has 0 spiro atoms. The van der Waals surface area contributed by atoms with Gasteiger partial charge in [-0.1, -0.05) is 6.07 Å². The molecule has 6 heteroatoms. The van der Waals surface area contributed by atoms with Crippen LogP contribution in [0.3, 0.4) is 0 Å². The first-order chi connectivity index (χ1) is 11.8. The summed E-state index contributed by atoms with van der Waals surface area (Å²) in [6.07, 6.45) is 0. The largest absolute Gasteiger partial charge is 0.496 e. The zero-order valence-electron chi connectivity index (χ0n) is 14.4. The molecular weight excluding hydrogens is 324 g/mol. The summed E-state index contributed by atoms with van der Waals surface area (Å²) in [5.41, 5.74) is 1.06. The van der Waals surface area contributed by atoms with Gasteiger partial charge in [0.25, 0.3) is 0 Å². The molecule has 0 saturated carbocycles. The number of nitrogens with one attached hydrogen (secondary N) is 1. The zero-order valence-corrected chi connectivity index (χ0v) is 15.2. The SMILES string of the molecule is COc1cc(OC)c([C@H](c2cccs2)N2CCNCC2)c(OC)c1. The van der Waals surface area contributed by atoms with E-state index in [0.29, 0.717) is 0 Å².